The average Bonchev–Trinajstić information content (AvgIpc) is 0.847. The quantitative estimate of drug-likeness (QED) is 0.00771. The van der Waals surface area contributed by atoms with Gasteiger partial charge in [-0.1, -0.05) is 0 Å². The predicted octanol–water partition coefficient (Wildman–Crippen LogP) is 10.9. The summed E-state index contributed by atoms with van der Waals surface area (Å²) in [6.45, 7) is -0.411. The van der Waals surface area contributed by atoms with Gasteiger partial charge in [0.1, 0.15) is 46.0 Å². The Bertz CT molecular complexity index is 3830. The Hall–Kier alpha value is -12.4. The molecule has 0 aliphatic carbocycles. The molecule has 0 heterocycles. The second-order valence-corrected chi connectivity index (χ2v) is 23.9. The first kappa shape index (κ1) is 79.0. The summed E-state index contributed by atoms with van der Waals surface area (Å²) in [5, 5.41) is 122. The number of hydrogen-bond donors (Lipinski definition) is 12. The lowest BCUT2D eigenvalue weighted by atomic mass is 9.80. The highest BCUT2D eigenvalue weighted by Gasteiger charge is 2.30. The number of hydrogen-bond acceptors (Lipinski definition) is 28. The van der Waals surface area contributed by atoms with Crippen LogP contribution >= 0.6 is 0 Å². The van der Waals surface area contributed by atoms with Crippen LogP contribution in [0.2, 0.25) is 0 Å². The van der Waals surface area contributed by atoms with Crippen molar-refractivity contribution in [3.63, 3.8) is 0 Å². The first-order chi connectivity index (χ1) is 49.7. The molecule has 0 saturated carbocycles. The molecule has 8 aromatic carbocycles. The van der Waals surface area contributed by atoms with Crippen LogP contribution in [0.3, 0.4) is 0 Å². The van der Waals surface area contributed by atoms with Crippen LogP contribution in [0.15, 0.2) is 121 Å². The van der Waals surface area contributed by atoms with Crippen LogP contribution in [0, 0.1) is 23.7 Å². The zero-order valence-corrected chi connectivity index (χ0v) is 58.2. The van der Waals surface area contributed by atoms with E-state index in [1.807, 2.05) is 0 Å². The Kier molecular flexibility index (Phi) is 28.4. The smallest absolute Gasteiger partial charge is 0.338 e. The van der Waals surface area contributed by atoms with E-state index in [1.165, 1.54) is 154 Å². The molecule has 0 radical (unpaired) electrons. The van der Waals surface area contributed by atoms with E-state index in [0.29, 0.717) is 93.9 Å². The minimum Gasteiger partial charge on any atom is -0.504 e. The molecule has 0 unspecified atom stereocenters. The summed E-state index contributed by atoms with van der Waals surface area (Å²) < 4.78 is 64.8. The molecular weight excluding hydrogens is 1360 g/mol. The number of esters is 4. The third kappa shape index (κ3) is 21.8. The van der Waals surface area contributed by atoms with E-state index in [9.17, 15) is 80.5 Å². The van der Waals surface area contributed by atoms with Crippen molar-refractivity contribution in [2.24, 2.45) is 23.7 Å². The molecular formula is C76H84O28. The normalized spacial score (nSPS) is 12.0. The zero-order valence-electron chi connectivity index (χ0n) is 58.2. The summed E-state index contributed by atoms with van der Waals surface area (Å²) in [6.07, 6.45) is 1.90. The average molecular weight is 1450 g/mol. The van der Waals surface area contributed by atoms with Gasteiger partial charge < -0.3 is 118 Å². The summed E-state index contributed by atoms with van der Waals surface area (Å²) in [5.74, 6) is -8.65. The molecule has 0 saturated heterocycles. The van der Waals surface area contributed by atoms with Gasteiger partial charge in [-0.2, -0.15) is 0 Å². The van der Waals surface area contributed by atoms with Gasteiger partial charge in [0.05, 0.1) is 106 Å². The molecule has 12 N–H and O–H groups in total. The Labute approximate surface area is 598 Å². The van der Waals surface area contributed by atoms with Crippen molar-refractivity contribution in [1.82, 2.24) is 0 Å². The third-order valence-corrected chi connectivity index (χ3v) is 17.0. The monoisotopic (exact) mass is 1440 g/mol. The van der Waals surface area contributed by atoms with Crippen LogP contribution in [0.25, 0.3) is 0 Å². The van der Waals surface area contributed by atoms with Crippen LogP contribution in [-0.2, 0) is 44.6 Å². The predicted molar refractivity (Wildman–Crippen MR) is 372 cm³/mol. The second kappa shape index (κ2) is 37.4. The topological polar surface area (TPSA) is 422 Å². The number of benzene rings is 8. The maximum absolute atomic E-state index is 13.3. The standard InChI is InChI=1S/2C38H42O14/c2*1-47-27-14-24(15-28(18-27)48-2)37(45)51-7-5-6-23(8-21-10-31(39)35(43)32(40)11-21)26(9-22-12-33(41)36(44)34(42)13-22)20-52-38(46)25-16-29(49-3)19-30(17-25)50-4/h2*10-19,23,26,39-44H,5-9,20H2,1-4H3/t2*23-,26+/m10/s1. The van der Waals surface area contributed by atoms with Gasteiger partial charge in [-0.25, -0.2) is 19.2 Å². The minimum atomic E-state index is -0.695. The van der Waals surface area contributed by atoms with Gasteiger partial charge in [-0.3, -0.25) is 0 Å². The Balaban J connectivity index is 0.000000291. The molecule has 0 aliphatic heterocycles. The van der Waals surface area contributed by atoms with Crippen molar-refractivity contribution in [2.75, 3.05) is 83.3 Å². The van der Waals surface area contributed by atoms with Crippen molar-refractivity contribution in [1.29, 1.82) is 0 Å². The molecule has 4 atom stereocenters. The maximum atomic E-state index is 13.3. The van der Waals surface area contributed by atoms with Crippen LogP contribution in [0.5, 0.6) is 115 Å². The number of methoxy groups -OCH3 is 8. The number of ether oxygens (including phenoxy) is 12. The van der Waals surface area contributed by atoms with E-state index in [-0.39, 0.29) is 74.4 Å². The molecule has 556 valence electrons. The molecule has 8 aromatic rings. The lowest BCUT2D eigenvalue weighted by molar-refractivity contribution is 0.0358. The van der Waals surface area contributed by atoms with Crippen LogP contribution in [-0.4, -0.2) is 168 Å². The summed E-state index contributed by atoms with van der Waals surface area (Å²) in [4.78, 5) is 52.6. The lowest BCUT2D eigenvalue weighted by Crippen LogP contribution is -2.27. The van der Waals surface area contributed by atoms with Crippen LogP contribution in [0.4, 0.5) is 0 Å². The van der Waals surface area contributed by atoms with Gasteiger partial charge in [0.25, 0.3) is 0 Å². The van der Waals surface area contributed by atoms with Gasteiger partial charge in [0, 0.05) is 36.1 Å². The largest absolute Gasteiger partial charge is 0.504 e. The fourth-order valence-electron chi connectivity index (χ4n) is 11.5. The molecule has 0 spiro atoms. The van der Waals surface area contributed by atoms with Crippen LogP contribution in [0.1, 0.15) is 89.4 Å². The van der Waals surface area contributed by atoms with Crippen molar-refractivity contribution < 1.29 is 137 Å². The number of rotatable bonds is 34. The molecule has 0 aliphatic rings. The highest BCUT2D eigenvalue weighted by molar-refractivity contribution is 5.92. The number of carbonyl (C=O) groups is 4. The Morgan fingerprint density at radius 3 is 0.635 bits per heavy atom. The summed E-state index contributed by atoms with van der Waals surface area (Å²) in [5.41, 5.74) is 2.41. The van der Waals surface area contributed by atoms with E-state index in [1.54, 1.807) is 24.3 Å². The molecule has 104 heavy (non-hydrogen) atoms. The van der Waals surface area contributed by atoms with E-state index in [0.717, 1.165) is 0 Å². The number of aromatic hydroxyl groups is 12. The Morgan fingerprint density at radius 2 is 0.442 bits per heavy atom. The second-order valence-electron chi connectivity index (χ2n) is 23.9. The van der Waals surface area contributed by atoms with E-state index in [4.69, 9.17) is 56.8 Å². The molecule has 0 aromatic heterocycles. The van der Waals surface area contributed by atoms with Crippen molar-refractivity contribution in [3.8, 4) is 115 Å². The highest BCUT2D eigenvalue weighted by atomic mass is 16.6. The first-order valence-electron chi connectivity index (χ1n) is 32.3. The van der Waals surface area contributed by atoms with E-state index in [2.05, 4.69) is 0 Å². The van der Waals surface area contributed by atoms with Gasteiger partial charge in [0.2, 0.25) is 0 Å². The summed E-state index contributed by atoms with van der Waals surface area (Å²) in [6, 6.07) is 28.7. The molecule has 28 nitrogen and oxygen atoms in total. The molecule has 28 heteroatoms. The number of carbonyl (C=O) groups excluding carboxylic acids is 4. The number of phenols is 12. The zero-order chi connectivity index (χ0) is 75.9. The third-order valence-electron chi connectivity index (χ3n) is 17.0. The fraction of sp³-hybridized carbons (Fsp3) is 0.316. The van der Waals surface area contributed by atoms with Crippen molar-refractivity contribution in [2.45, 2.75) is 51.4 Å². The Morgan fingerprint density at radius 1 is 0.260 bits per heavy atom. The fourth-order valence-corrected chi connectivity index (χ4v) is 11.5. The molecule has 0 fully saturated rings. The van der Waals surface area contributed by atoms with E-state index >= 15 is 0 Å². The van der Waals surface area contributed by atoms with Crippen molar-refractivity contribution >= 4 is 23.9 Å². The SMILES string of the molecule is COc1cc(OC)cc(C(=O)OCCC[C@@H](Cc2cc(O)c(O)c(O)c2)[C@@H](COC(=O)c2cc(OC)cc(OC)c2)Cc2cc(O)c(O)c(O)c2)c1.COc1cc(OC)cc(C(=O)OCCC[C@H](Cc2cc(O)c(O)c(O)c2)[C@H](COC(=O)c2cc(OC)cc(OC)c2)Cc2cc(O)c(O)c(O)c2)c1. The van der Waals surface area contributed by atoms with Crippen molar-refractivity contribution in [3.05, 3.63) is 166 Å². The van der Waals surface area contributed by atoms with Gasteiger partial charge in [0.15, 0.2) is 69.0 Å². The van der Waals surface area contributed by atoms with Gasteiger partial charge in [-0.05, 0) is 183 Å². The van der Waals surface area contributed by atoms with Crippen LogP contribution < -0.4 is 37.9 Å². The highest BCUT2D eigenvalue weighted by Crippen LogP contribution is 2.43. The maximum Gasteiger partial charge on any atom is 0.338 e. The summed E-state index contributed by atoms with van der Waals surface area (Å²) >= 11 is 0. The van der Waals surface area contributed by atoms with Gasteiger partial charge in [-0.15, -0.1) is 0 Å². The lowest BCUT2D eigenvalue weighted by Gasteiger charge is -2.28. The minimum absolute atomic E-state index is 0.0160. The van der Waals surface area contributed by atoms with Gasteiger partial charge >= 0.3 is 23.9 Å². The summed E-state index contributed by atoms with van der Waals surface area (Å²) in [7, 11) is 11.6. The first-order valence-corrected chi connectivity index (χ1v) is 32.3. The van der Waals surface area contributed by atoms with E-state index < -0.39 is 117 Å². The number of phenolic OH excluding ortho intramolecular Hbond substituents is 12. The molecule has 0 bridgehead atoms. The molecule has 8 rings (SSSR count). The molecule has 0 amide bonds.